The fourth-order valence-corrected chi connectivity index (χ4v) is 9.03. The van der Waals surface area contributed by atoms with Crippen LogP contribution >= 0.6 is 23.2 Å². The molecule has 0 bridgehead atoms. The Morgan fingerprint density at radius 3 is 1.13 bits per heavy atom. The number of para-hydroxylation sites is 2. The van der Waals surface area contributed by atoms with Gasteiger partial charge in [-0.2, -0.15) is 0 Å². The Hall–Kier alpha value is -3.43. The fraction of sp³-hybridized carbons (Fsp3) is 0.118. The number of phenolic OH excluding ortho intramolecular Hbond substituents is 2. The molecule has 3 N–H and O–H groups in total. The Kier molecular flexibility index (Phi) is 12.2. The molecule has 0 amide bonds. The van der Waals surface area contributed by atoms with Crippen molar-refractivity contribution in [3.8, 4) is 11.5 Å². The quantitative estimate of drug-likeness (QED) is 0.143. The van der Waals surface area contributed by atoms with E-state index in [9.17, 15) is 5.11 Å². The Morgan fingerprint density at radius 2 is 0.821 bits per heavy atom. The summed E-state index contributed by atoms with van der Waals surface area (Å²) in [6.45, 7) is 1.93. The second kappa shape index (κ2) is 15.9. The Bertz CT molecular complexity index is 1280. The van der Waals surface area contributed by atoms with Crippen LogP contribution < -0.4 is 15.9 Å². The smallest absolute Gasteiger partial charge is 0.122 e. The van der Waals surface area contributed by atoms with Crippen LogP contribution in [-0.4, -0.2) is 21.9 Å². The first-order valence-corrected chi connectivity index (χ1v) is 15.9. The molecular formula is C34H35BrO3P+. The lowest BCUT2D eigenvalue weighted by Gasteiger charge is -2.28. The summed E-state index contributed by atoms with van der Waals surface area (Å²) in [4.78, 5) is 0. The number of phenols is 2. The molecule has 5 aromatic carbocycles. The van der Waals surface area contributed by atoms with Crippen molar-refractivity contribution in [3.63, 3.8) is 0 Å². The number of alkyl halides is 1. The number of halogens is 1. The number of aromatic hydroxyl groups is 2. The van der Waals surface area contributed by atoms with Crippen molar-refractivity contribution in [1.82, 2.24) is 0 Å². The molecule has 200 valence electrons. The van der Waals surface area contributed by atoms with Crippen molar-refractivity contribution < 1.29 is 15.3 Å². The third-order valence-corrected chi connectivity index (χ3v) is 11.1. The number of hydrogen-bond acceptors (Lipinski definition) is 3. The number of hydrogen-bond donors (Lipinski definition) is 3. The SMILES string of the molecule is CCO.Oc1ccccc1CBr.Oc1ccccc1C[P+](c1ccccc1)(c1ccccc1)c1ccccc1. The average molecular weight is 603 g/mol. The lowest BCUT2D eigenvalue weighted by atomic mass is 10.2. The maximum absolute atomic E-state index is 10.5. The highest BCUT2D eigenvalue weighted by molar-refractivity contribution is 9.08. The van der Waals surface area contributed by atoms with Gasteiger partial charge in [-0.3, -0.25) is 0 Å². The summed E-state index contributed by atoms with van der Waals surface area (Å²) in [6, 6.07) is 47.2. The predicted molar refractivity (Wildman–Crippen MR) is 170 cm³/mol. The molecular weight excluding hydrogens is 567 g/mol. The average Bonchev–Trinajstić information content (AvgIpc) is 2.99. The first-order valence-electron chi connectivity index (χ1n) is 12.8. The minimum Gasteiger partial charge on any atom is -0.508 e. The molecule has 5 rings (SSSR count). The van der Waals surface area contributed by atoms with Gasteiger partial charge >= 0.3 is 0 Å². The van der Waals surface area contributed by atoms with E-state index >= 15 is 0 Å². The van der Waals surface area contributed by atoms with Crippen molar-refractivity contribution in [2.75, 3.05) is 6.61 Å². The number of rotatable bonds is 6. The van der Waals surface area contributed by atoms with E-state index in [-0.39, 0.29) is 6.61 Å². The highest BCUT2D eigenvalue weighted by Crippen LogP contribution is 2.58. The molecule has 0 spiro atoms. The van der Waals surface area contributed by atoms with Crippen molar-refractivity contribution in [2.24, 2.45) is 0 Å². The molecule has 39 heavy (non-hydrogen) atoms. The summed E-state index contributed by atoms with van der Waals surface area (Å²) in [6.07, 6.45) is 0.789. The van der Waals surface area contributed by atoms with Gasteiger partial charge < -0.3 is 15.3 Å². The van der Waals surface area contributed by atoms with E-state index < -0.39 is 7.26 Å². The van der Waals surface area contributed by atoms with Gasteiger partial charge in [0.05, 0.1) is 0 Å². The van der Waals surface area contributed by atoms with Crippen LogP contribution in [0, 0.1) is 0 Å². The zero-order valence-electron chi connectivity index (χ0n) is 22.1. The van der Waals surface area contributed by atoms with E-state index in [4.69, 9.17) is 10.2 Å². The lowest BCUT2D eigenvalue weighted by Crippen LogP contribution is -2.32. The largest absolute Gasteiger partial charge is 0.508 e. The fourth-order valence-electron chi connectivity index (χ4n) is 4.29. The number of aliphatic hydroxyl groups is 1. The summed E-state index contributed by atoms with van der Waals surface area (Å²) in [5.74, 6) is 0.721. The third kappa shape index (κ3) is 8.03. The standard InChI is InChI=1S/C25H21OP.C7H7BrO.C2H6O/c26-25-19-11-10-12-21(25)20-27(22-13-4-1-5-14-22,23-15-6-2-7-16-23)24-17-8-3-9-18-24;8-5-6-3-1-2-4-7(6)9;1-2-3/h1-19H,20H2;1-4,9H,5H2;3H,2H2,1H3/p+1. The zero-order chi connectivity index (χ0) is 27.9. The predicted octanol–water partition coefficient (Wildman–Crippen LogP) is 7.17. The molecule has 5 aromatic rings. The highest BCUT2D eigenvalue weighted by Gasteiger charge is 2.45. The molecule has 0 aliphatic rings. The number of benzene rings is 5. The van der Waals surface area contributed by atoms with Crippen molar-refractivity contribution in [3.05, 3.63) is 151 Å². The van der Waals surface area contributed by atoms with Crippen molar-refractivity contribution in [2.45, 2.75) is 18.4 Å². The van der Waals surface area contributed by atoms with Gasteiger partial charge in [0.25, 0.3) is 0 Å². The molecule has 0 aliphatic heterocycles. The van der Waals surface area contributed by atoms with Gasteiger partial charge in [0.15, 0.2) is 0 Å². The normalized spacial score (nSPS) is 10.4. The van der Waals surface area contributed by atoms with Crippen LogP contribution in [0.5, 0.6) is 11.5 Å². The zero-order valence-corrected chi connectivity index (χ0v) is 24.5. The van der Waals surface area contributed by atoms with Crippen LogP contribution in [0.15, 0.2) is 140 Å². The van der Waals surface area contributed by atoms with Crippen LogP contribution in [0.1, 0.15) is 18.1 Å². The topological polar surface area (TPSA) is 60.7 Å². The summed E-state index contributed by atoms with van der Waals surface area (Å²) >= 11 is 3.25. The van der Waals surface area contributed by atoms with Crippen LogP contribution in [0.4, 0.5) is 0 Å². The van der Waals surface area contributed by atoms with Gasteiger partial charge in [0.2, 0.25) is 0 Å². The van der Waals surface area contributed by atoms with E-state index in [1.165, 1.54) is 15.9 Å². The molecule has 0 fully saturated rings. The molecule has 0 radical (unpaired) electrons. The van der Waals surface area contributed by atoms with Crippen molar-refractivity contribution in [1.29, 1.82) is 0 Å². The van der Waals surface area contributed by atoms with E-state index in [1.54, 1.807) is 19.1 Å². The first kappa shape index (κ1) is 30.1. The Labute approximate surface area is 240 Å². The number of aliphatic hydroxyl groups excluding tert-OH is 1. The lowest BCUT2D eigenvalue weighted by molar-refractivity contribution is 0.318. The maximum Gasteiger partial charge on any atom is 0.122 e. The minimum atomic E-state index is -1.96. The summed E-state index contributed by atoms with van der Waals surface area (Å²) in [5, 5.41) is 31.9. The molecule has 0 saturated carbocycles. The monoisotopic (exact) mass is 601 g/mol. The second-order valence-corrected chi connectivity index (χ2v) is 12.7. The molecule has 0 atom stereocenters. The van der Waals surface area contributed by atoms with Crippen LogP contribution in [0.3, 0.4) is 0 Å². The van der Waals surface area contributed by atoms with Gasteiger partial charge in [-0.1, -0.05) is 107 Å². The van der Waals surface area contributed by atoms with E-state index in [0.29, 0.717) is 16.8 Å². The molecule has 0 unspecified atom stereocenters. The van der Waals surface area contributed by atoms with Crippen LogP contribution in [0.2, 0.25) is 0 Å². The third-order valence-electron chi connectivity index (χ3n) is 6.13. The Balaban J connectivity index is 0.000000293. The summed E-state index contributed by atoms with van der Waals surface area (Å²) in [5.41, 5.74) is 1.92. The molecule has 0 aromatic heterocycles. The molecule has 0 aliphatic carbocycles. The van der Waals surface area contributed by atoms with E-state index in [0.717, 1.165) is 17.3 Å². The highest BCUT2D eigenvalue weighted by atomic mass is 79.9. The van der Waals surface area contributed by atoms with Gasteiger partial charge in [0, 0.05) is 23.1 Å². The van der Waals surface area contributed by atoms with Crippen LogP contribution in [0.25, 0.3) is 0 Å². The maximum atomic E-state index is 10.5. The van der Waals surface area contributed by atoms with Gasteiger partial charge in [-0.15, -0.1) is 0 Å². The Morgan fingerprint density at radius 1 is 0.513 bits per heavy atom. The molecule has 0 heterocycles. The summed E-state index contributed by atoms with van der Waals surface area (Å²) in [7, 11) is -1.96. The minimum absolute atomic E-state index is 0.250. The van der Waals surface area contributed by atoms with Gasteiger partial charge in [-0.05, 0) is 55.5 Å². The molecule has 5 heteroatoms. The first-order chi connectivity index (χ1) is 19.1. The second-order valence-electron chi connectivity index (χ2n) is 8.68. The molecule has 3 nitrogen and oxygen atoms in total. The van der Waals surface area contributed by atoms with Crippen molar-refractivity contribution >= 4 is 39.1 Å². The van der Waals surface area contributed by atoms with Crippen LogP contribution in [-0.2, 0) is 11.5 Å². The summed E-state index contributed by atoms with van der Waals surface area (Å²) < 4.78 is 0. The van der Waals surface area contributed by atoms with Gasteiger partial charge in [-0.25, -0.2) is 0 Å². The molecule has 0 saturated heterocycles. The van der Waals surface area contributed by atoms with E-state index in [2.05, 4.69) is 107 Å². The van der Waals surface area contributed by atoms with Gasteiger partial charge in [0.1, 0.15) is 40.8 Å². The van der Waals surface area contributed by atoms with E-state index in [1.807, 2.05) is 36.4 Å².